The normalized spacial score (nSPS) is 10.7. The van der Waals surface area contributed by atoms with E-state index in [1.165, 1.54) is 0 Å². The Kier molecular flexibility index (Phi) is 5.36. The predicted octanol–water partition coefficient (Wildman–Crippen LogP) is 1.30. The van der Waals surface area contributed by atoms with Crippen molar-refractivity contribution >= 4 is 28.4 Å². The highest BCUT2D eigenvalue weighted by Crippen LogP contribution is 2.22. The van der Waals surface area contributed by atoms with Crippen molar-refractivity contribution in [3.05, 3.63) is 41.2 Å². The highest BCUT2D eigenvalue weighted by molar-refractivity contribution is 5.92. The number of nitrogens with one attached hydrogen (secondary N) is 2. The van der Waals surface area contributed by atoms with Gasteiger partial charge in [-0.2, -0.15) is 5.10 Å². The van der Waals surface area contributed by atoms with Crippen molar-refractivity contribution in [3.63, 3.8) is 0 Å². The van der Waals surface area contributed by atoms with Crippen LogP contribution in [0.4, 0.5) is 0 Å². The van der Waals surface area contributed by atoms with Gasteiger partial charge in [0.1, 0.15) is 0 Å². The molecule has 7 heteroatoms. The second-order valence-electron chi connectivity index (χ2n) is 6.27. The molecule has 2 heterocycles. The zero-order valence-electron chi connectivity index (χ0n) is 15.4. The molecule has 0 bridgehead atoms. The molecule has 0 aliphatic carbocycles. The maximum Gasteiger partial charge on any atom is 0.240 e. The van der Waals surface area contributed by atoms with Crippen LogP contribution in [0, 0.1) is 26.2 Å². The molecule has 1 aromatic carbocycles. The van der Waals surface area contributed by atoms with Crippen LogP contribution in [0.5, 0.6) is 0 Å². The summed E-state index contributed by atoms with van der Waals surface area (Å²) in [5.41, 5.74) is 4.54. The number of rotatable bonds is 6. The van der Waals surface area contributed by atoms with E-state index < -0.39 is 0 Å². The monoisotopic (exact) mass is 363 g/mol. The van der Waals surface area contributed by atoms with E-state index in [1.54, 1.807) is 0 Å². The van der Waals surface area contributed by atoms with Gasteiger partial charge in [-0.25, -0.2) is 9.50 Å². The molecule has 2 N–H and O–H groups in total. The number of aromatic nitrogens is 3. The number of carbonyl (C=O) groups is 2. The van der Waals surface area contributed by atoms with Gasteiger partial charge in [0, 0.05) is 23.2 Å². The number of hydrogen-bond donors (Lipinski definition) is 2. The molecule has 3 aromatic rings. The van der Waals surface area contributed by atoms with E-state index in [1.807, 2.05) is 42.6 Å². The molecule has 0 saturated carbocycles. The van der Waals surface area contributed by atoms with Gasteiger partial charge in [-0.15, -0.1) is 6.42 Å². The number of aryl methyl sites for hydroxylation is 2. The fraction of sp³-hybridized carbons (Fsp3) is 0.300. The molecule has 7 nitrogen and oxygen atoms in total. The zero-order chi connectivity index (χ0) is 19.4. The van der Waals surface area contributed by atoms with E-state index in [4.69, 9.17) is 11.4 Å². The lowest BCUT2D eigenvalue weighted by atomic mass is 10.1. The molecule has 2 amide bonds. The maximum atomic E-state index is 12.0. The van der Waals surface area contributed by atoms with Gasteiger partial charge in [-0.3, -0.25) is 9.59 Å². The van der Waals surface area contributed by atoms with Crippen LogP contribution in [0.2, 0.25) is 0 Å². The standard InChI is InChI=1S/C20H21N5O2/c1-4-11-21-19(27)12-22-18(26)10-9-15-13(2)23-20-16-7-5-6-8-17(16)24-25(20)14(15)3/h1,5-8H,9-12H2,2-3H3,(H,21,27)(H,22,26). The lowest BCUT2D eigenvalue weighted by Gasteiger charge is -2.11. The Morgan fingerprint density at radius 3 is 2.74 bits per heavy atom. The van der Waals surface area contributed by atoms with Crippen molar-refractivity contribution in [1.29, 1.82) is 0 Å². The Bertz CT molecular complexity index is 1060. The summed E-state index contributed by atoms with van der Waals surface area (Å²) in [6.07, 6.45) is 5.86. The molecule has 27 heavy (non-hydrogen) atoms. The summed E-state index contributed by atoms with van der Waals surface area (Å²) in [6.45, 7) is 3.99. The third-order valence-electron chi connectivity index (χ3n) is 4.45. The Hall–Kier alpha value is -3.40. The second-order valence-corrected chi connectivity index (χ2v) is 6.27. The smallest absolute Gasteiger partial charge is 0.240 e. The number of terminal acetylenes is 1. The number of amides is 2. The van der Waals surface area contributed by atoms with Gasteiger partial charge in [0.15, 0.2) is 5.65 Å². The second kappa shape index (κ2) is 7.87. The molecule has 0 aliphatic rings. The van der Waals surface area contributed by atoms with E-state index >= 15 is 0 Å². The van der Waals surface area contributed by atoms with E-state index in [2.05, 4.69) is 21.7 Å². The number of carbonyl (C=O) groups excluding carboxylic acids is 2. The lowest BCUT2D eigenvalue weighted by Crippen LogP contribution is -2.37. The Morgan fingerprint density at radius 1 is 1.19 bits per heavy atom. The lowest BCUT2D eigenvalue weighted by molar-refractivity contribution is -0.125. The fourth-order valence-electron chi connectivity index (χ4n) is 3.06. The summed E-state index contributed by atoms with van der Waals surface area (Å²) in [7, 11) is 0. The third kappa shape index (κ3) is 3.90. The first-order valence-corrected chi connectivity index (χ1v) is 8.71. The van der Waals surface area contributed by atoms with Gasteiger partial charge < -0.3 is 10.6 Å². The third-order valence-corrected chi connectivity index (χ3v) is 4.45. The van der Waals surface area contributed by atoms with E-state index in [0.29, 0.717) is 6.42 Å². The van der Waals surface area contributed by atoms with Crippen LogP contribution >= 0.6 is 0 Å². The number of fused-ring (bicyclic) bond motifs is 3. The molecule has 0 radical (unpaired) electrons. The Labute approximate surface area is 157 Å². The zero-order valence-corrected chi connectivity index (χ0v) is 15.4. The predicted molar refractivity (Wildman–Crippen MR) is 103 cm³/mol. The fourth-order valence-corrected chi connectivity index (χ4v) is 3.06. The highest BCUT2D eigenvalue weighted by atomic mass is 16.2. The molecular formula is C20H21N5O2. The van der Waals surface area contributed by atoms with Gasteiger partial charge >= 0.3 is 0 Å². The number of nitrogens with zero attached hydrogens (tertiary/aromatic N) is 3. The van der Waals surface area contributed by atoms with Crippen LogP contribution in [-0.4, -0.2) is 39.5 Å². The molecular weight excluding hydrogens is 342 g/mol. The minimum Gasteiger partial charge on any atom is -0.347 e. The molecule has 0 aliphatic heterocycles. The van der Waals surface area contributed by atoms with Gasteiger partial charge in [0.25, 0.3) is 0 Å². The largest absolute Gasteiger partial charge is 0.347 e. The highest BCUT2D eigenvalue weighted by Gasteiger charge is 2.15. The Morgan fingerprint density at radius 2 is 1.96 bits per heavy atom. The SMILES string of the molecule is C#CCNC(=O)CNC(=O)CCc1c(C)nc2c3ccccc3nn2c1C. The van der Waals surface area contributed by atoms with Crippen molar-refractivity contribution in [1.82, 2.24) is 25.2 Å². The van der Waals surface area contributed by atoms with Crippen molar-refractivity contribution < 1.29 is 9.59 Å². The van der Waals surface area contributed by atoms with Crippen LogP contribution < -0.4 is 10.6 Å². The maximum absolute atomic E-state index is 12.0. The topological polar surface area (TPSA) is 88.4 Å². The molecule has 138 valence electrons. The van der Waals surface area contributed by atoms with E-state index in [9.17, 15) is 9.59 Å². The minimum absolute atomic E-state index is 0.0830. The number of benzene rings is 1. The number of hydrogen-bond acceptors (Lipinski definition) is 4. The minimum atomic E-state index is -0.306. The molecule has 0 atom stereocenters. The van der Waals surface area contributed by atoms with Gasteiger partial charge in [-0.05, 0) is 38.0 Å². The van der Waals surface area contributed by atoms with Crippen LogP contribution in [0.15, 0.2) is 24.3 Å². The van der Waals surface area contributed by atoms with Gasteiger partial charge in [0.2, 0.25) is 11.8 Å². The molecule has 0 unspecified atom stereocenters. The first-order chi connectivity index (χ1) is 13.0. The summed E-state index contributed by atoms with van der Waals surface area (Å²) in [5, 5.41) is 10.7. The average Bonchev–Trinajstić information content (AvgIpc) is 3.03. The van der Waals surface area contributed by atoms with E-state index in [-0.39, 0.29) is 31.3 Å². The summed E-state index contributed by atoms with van der Waals surface area (Å²) in [6, 6.07) is 7.87. The van der Waals surface area contributed by atoms with Crippen LogP contribution in [0.25, 0.3) is 16.6 Å². The molecule has 2 aromatic heterocycles. The molecule has 3 rings (SSSR count). The van der Waals surface area contributed by atoms with Crippen molar-refractivity contribution in [2.75, 3.05) is 13.1 Å². The summed E-state index contributed by atoms with van der Waals surface area (Å²) < 4.78 is 1.83. The van der Waals surface area contributed by atoms with Crippen molar-refractivity contribution in [2.45, 2.75) is 26.7 Å². The molecule has 0 saturated heterocycles. The molecule has 0 spiro atoms. The summed E-state index contributed by atoms with van der Waals surface area (Å²) in [5.74, 6) is 1.81. The van der Waals surface area contributed by atoms with E-state index in [0.717, 1.165) is 33.5 Å². The summed E-state index contributed by atoms with van der Waals surface area (Å²) >= 11 is 0. The van der Waals surface area contributed by atoms with Crippen LogP contribution in [0.3, 0.4) is 0 Å². The van der Waals surface area contributed by atoms with Crippen LogP contribution in [0.1, 0.15) is 23.4 Å². The average molecular weight is 363 g/mol. The summed E-state index contributed by atoms with van der Waals surface area (Å²) in [4.78, 5) is 28.2. The Balaban J connectivity index is 1.72. The van der Waals surface area contributed by atoms with Gasteiger partial charge in [-0.1, -0.05) is 18.1 Å². The quantitative estimate of drug-likeness (QED) is 0.646. The first kappa shape index (κ1) is 18.4. The van der Waals surface area contributed by atoms with Gasteiger partial charge in [0.05, 0.1) is 18.6 Å². The molecule has 0 fully saturated rings. The van der Waals surface area contributed by atoms with Crippen molar-refractivity contribution in [3.8, 4) is 12.3 Å². The first-order valence-electron chi connectivity index (χ1n) is 8.71. The van der Waals surface area contributed by atoms with Crippen molar-refractivity contribution in [2.24, 2.45) is 0 Å². The van der Waals surface area contributed by atoms with Crippen LogP contribution in [-0.2, 0) is 16.0 Å².